The van der Waals surface area contributed by atoms with Gasteiger partial charge < -0.3 is 9.84 Å². The van der Waals surface area contributed by atoms with Gasteiger partial charge in [-0.05, 0) is 13.0 Å². The number of aliphatic carboxylic acids is 1. The minimum Gasteiger partial charge on any atom is -0.479 e. The second-order valence-electron chi connectivity index (χ2n) is 3.42. The molecule has 15 heavy (non-hydrogen) atoms. The lowest BCUT2D eigenvalue weighted by Crippen LogP contribution is -2.47. The Kier molecular flexibility index (Phi) is 3.26. The summed E-state index contributed by atoms with van der Waals surface area (Å²) in [6.45, 7) is 1.38. The lowest BCUT2D eigenvalue weighted by molar-refractivity contribution is -0.149. The van der Waals surface area contributed by atoms with Crippen LogP contribution in [0.3, 0.4) is 0 Å². The summed E-state index contributed by atoms with van der Waals surface area (Å²) in [5.74, 6) is -1.10. The number of nitrogens with zero attached hydrogens (tertiary/aromatic N) is 1. The molecule has 82 valence electrons. The molecule has 1 aromatic rings. The van der Waals surface area contributed by atoms with Crippen molar-refractivity contribution >= 4 is 5.97 Å². The molecule has 0 aromatic carbocycles. The van der Waals surface area contributed by atoms with E-state index in [4.69, 9.17) is 9.84 Å². The second-order valence-corrected chi connectivity index (χ2v) is 3.42. The van der Waals surface area contributed by atoms with Gasteiger partial charge in [0, 0.05) is 19.4 Å². The average molecular weight is 211 g/mol. The van der Waals surface area contributed by atoms with E-state index in [-0.39, 0.29) is 12.2 Å². The number of carbonyl (C=O) groups is 1. The molecule has 0 fully saturated rings. The van der Waals surface area contributed by atoms with Crippen molar-refractivity contribution in [3.8, 4) is 0 Å². The van der Waals surface area contributed by atoms with E-state index < -0.39 is 11.5 Å². The summed E-state index contributed by atoms with van der Waals surface area (Å²) in [5.41, 5.74) is -1.73. The first kappa shape index (κ1) is 11.5. The summed E-state index contributed by atoms with van der Waals surface area (Å²) in [5, 5.41) is 9.10. The molecule has 1 heterocycles. The van der Waals surface area contributed by atoms with Gasteiger partial charge in [0.2, 0.25) is 0 Å². The molecule has 1 aromatic heterocycles. The maximum absolute atomic E-state index is 11.5. The fraction of sp³-hybridized carbons (Fsp3) is 0.400. The SMILES string of the molecule is COCC(C)(C(=O)O)n1ccccc1=O. The maximum atomic E-state index is 11.5. The Morgan fingerprint density at radius 2 is 2.27 bits per heavy atom. The summed E-state index contributed by atoms with van der Waals surface area (Å²) >= 11 is 0. The van der Waals surface area contributed by atoms with Gasteiger partial charge in [0.1, 0.15) is 0 Å². The number of hydrogen-bond acceptors (Lipinski definition) is 3. The first-order valence-corrected chi connectivity index (χ1v) is 4.43. The third kappa shape index (κ3) is 2.07. The van der Waals surface area contributed by atoms with Crippen LogP contribution >= 0.6 is 0 Å². The number of methoxy groups -OCH3 is 1. The largest absolute Gasteiger partial charge is 0.479 e. The molecule has 1 rings (SSSR count). The van der Waals surface area contributed by atoms with E-state index in [1.165, 1.54) is 26.3 Å². The van der Waals surface area contributed by atoms with E-state index in [1.54, 1.807) is 12.1 Å². The monoisotopic (exact) mass is 211 g/mol. The van der Waals surface area contributed by atoms with E-state index in [1.807, 2.05) is 0 Å². The van der Waals surface area contributed by atoms with E-state index in [0.717, 1.165) is 4.57 Å². The number of rotatable bonds is 4. The Bertz CT molecular complexity index is 412. The van der Waals surface area contributed by atoms with Gasteiger partial charge >= 0.3 is 5.97 Å². The predicted octanol–water partition coefficient (Wildman–Crippen LogP) is 0.294. The first-order valence-electron chi connectivity index (χ1n) is 4.43. The lowest BCUT2D eigenvalue weighted by Gasteiger charge is -2.26. The van der Waals surface area contributed by atoms with Gasteiger partial charge in [0.05, 0.1) is 6.61 Å². The van der Waals surface area contributed by atoms with Crippen LogP contribution in [0.4, 0.5) is 0 Å². The smallest absolute Gasteiger partial charge is 0.332 e. The summed E-state index contributed by atoms with van der Waals surface area (Å²) in [7, 11) is 1.40. The van der Waals surface area contributed by atoms with Crippen LogP contribution in [-0.4, -0.2) is 29.4 Å². The normalized spacial score (nSPS) is 14.5. The molecule has 5 nitrogen and oxygen atoms in total. The van der Waals surface area contributed by atoms with Crippen LogP contribution in [0.1, 0.15) is 6.92 Å². The van der Waals surface area contributed by atoms with E-state index in [9.17, 15) is 9.59 Å². The van der Waals surface area contributed by atoms with E-state index in [2.05, 4.69) is 0 Å². The molecule has 0 aliphatic heterocycles. The van der Waals surface area contributed by atoms with Crippen LogP contribution in [0.25, 0.3) is 0 Å². The van der Waals surface area contributed by atoms with Gasteiger partial charge in [0.15, 0.2) is 5.54 Å². The molecule has 0 bridgehead atoms. The predicted molar refractivity (Wildman–Crippen MR) is 53.9 cm³/mol. The van der Waals surface area contributed by atoms with Crippen molar-refractivity contribution in [1.29, 1.82) is 0 Å². The van der Waals surface area contributed by atoms with Crippen LogP contribution in [-0.2, 0) is 15.1 Å². The Labute approximate surface area is 86.9 Å². The summed E-state index contributed by atoms with van der Waals surface area (Å²) in [6, 6.07) is 4.49. The number of hydrogen-bond donors (Lipinski definition) is 1. The number of carboxylic acids is 1. The van der Waals surface area contributed by atoms with E-state index >= 15 is 0 Å². The average Bonchev–Trinajstić information content (AvgIpc) is 2.18. The molecule has 0 spiro atoms. The molecule has 0 saturated carbocycles. The molecular weight excluding hydrogens is 198 g/mol. The number of aromatic nitrogens is 1. The second kappa shape index (κ2) is 4.27. The zero-order valence-electron chi connectivity index (χ0n) is 8.64. The molecule has 5 heteroatoms. The Morgan fingerprint density at radius 1 is 1.60 bits per heavy atom. The standard InChI is InChI=1S/C10H13NO4/c1-10(7-15-2,9(13)14)11-6-4-3-5-8(11)12/h3-6H,7H2,1-2H3,(H,13,14). The van der Waals surface area contributed by atoms with Gasteiger partial charge in [-0.15, -0.1) is 0 Å². The van der Waals surface area contributed by atoms with Crippen molar-refractivity contribution in [3.63, 3.8) is 0 Å². The quantitative estimate of drug-likeness (QED) is 0.777. The number of ether oxygens (including phenoxy) is 1. The Morgan fingerprint density at radius 3 is 2.73 bits per heavy atom. The maximum Gasteiger partial charge on any atom is 0.332 e. The van der Waals surface area contributed by atoms with Gasteiger partial charge in [-0.3, -0.25) is 9.36 Å². The highest BCUT2D eigenvalue weighted by Gasteiger charge is 2.35. The third-order valence-electron chi connectivity index (χ3n) is 2.24. The van der Waals surface area contributed by atoms with Gasteiger partial charge in [0.25, 0.3) is 5.56 Å². The van der Waals surface area contributed by atoms with Gasteiger partial charge in [-0.2, -0.15) is 0 Å². The molecular formula is C10H13NO4. The number of pyridine rings is 1. The highest BCUT2D eigenvalue weighted by Crippen LogP contribution is 2.14. The van der Waals surface area contributed by atoms with Crippen LogP contribution < -0.4 is 5.56 Å². The van der Waals surface area contributed by atoms with E-state index in [0.29, 0.717) is 0 Å². The zero-order chi connectivity index (χ0) is 11.5. The zero-order valence-corrected chi connectivity index (χ0v) is 8.64. The number of carboxylic acid groups (broad SMARTS) is 1. The van der Waals surface area contributed by atoms with Gasteiger partial charge in [-0.1, -0.05) is 6.07 Å². The van der Waals surface area contributed by atoms with Crippen molar-refractivity contribution in [2.75, 3.05) is 13.7 Å². The lowest BCUT2D eigenvalue weighted by atomic mass is 10.0. The van der Waals surface area contributed by atoms with Crippen LogP contribution in [0.5, 0.6) is 0 Å². The highest BCUT2D eigenvalue weighted by molar-refractivity contribution is 5.76. The van der Waals surface area contributed by atoms with Crippen LogP contribution in [0.15, 0.2) is 29.2 Å². The summed E-state index contributed by atoms with van der Waals surface area (Å²) < 4.78 is 5.99. The molecule has 0 aliphatic rings. The molecule has 0 radical (unpaired) electrons. The van der Waals surface area contributed by atoms with Crippen molar-refractivity contribution < 1.29 is 14.6 Å². The van der Waals surface area contributed by atoms with Crippen molar-refractivity contribution in [2.45, 2.75) is 12.5 Å². The molecule has 1 unspecified atom stereocenters. The molecule has 0 aliphatic carbocycles. The van der Waals surface area contributed by atoms with Crippen LogP contribution in [0, 0.1) is 0 Å². The molecule has 1 N–H and O–H groups in total. The molecule has 0 saturated heterocycles. The topological polar surface area (TPSA) is 68.5 Å². The molecule has 0 amide bonds. The van der Waals surface area contributed by atoms with Crippen molar-refractivity contribution in [1.82, 2.24) is 4.57 Å². The Hall–Kier alpha value is -1.62. The Balaban J connectivity index is 3.28. The highest BCUT2D eigenvalue weighted by atomic mass is 16.5. The minimum absolute atomic E-state index is 0.0632. The van der Waals surface area contributed by atoms with Crippen LogP contribution in [0.2, 0.25) is 0 Å². The molecule has 1 atom stereocenters. The van der Waals surface area contributed by atoms with Crippen molar-refractivity contribution in [2.24, 2.45) is 0 Å². The fourth-order valence-electron chi connectivity index (χ4n) is 1.35. The minimum atomic E-state index is -1.37. The first-order chi connectivity index (χ1) is 7.02. The summed E-state index contributed by atoms with van der Waals surface area (Å²) in [6.07, 6.45) is 1.44. The summed E-state index contributed by atoms with van der Waals surface area (Å²) in [4.78, 5) is 22.6. The third-order valence-corrected chi connectivity index (χ3v) is 2.24. The fourth-order valence-corrected chi connectivity index (χ4v) is 1.35. The van der Waals surface area contributed by atoms with Crippen molar-refractivity contribution in [3.05, 3.63) is 34.7 Å². The van der Waals surface area contributed by atoms with Gasteiger partial charge in [-0.25, -0.2) is 4.79 Å².